The second-order valence-corrected chi connectivity index (χ2v) is 3.03. The molecule has 13 heavy (non-hydrogen) atoms. The Kier molecular flexibility index (Phi) is 1.93. The molecule has 0 amide bonds. The van der Waals surface area contributed by atoms with Gasteiger partial charge in [-0.05, 0) is 24.5 Å². The molecule has 0 saturated heterocycles. The van der Waals surface area contributed by atoms with E-state index in [1.54, 1.807) is 6.07 Å². The average molecular weight is 177 g/mol. The number of aromatic hydroxyl groups is 1. The third kappa shape index (κ3) is 1.26. The Morgan fingerprint density at radius 3 is 3.00 bits per heavy atom. The Morgan fingerprint density at radius 2 is 2.23 bits per heavy atom. The summed E-state index contributed by atoms with van der Waals surface area (Å²) in [4.78, 5) is 4.71. The van der Waals surface area contributed by atoms with E-state index in [0.717, 1.165) is 29.7 Å². The molecule has 1 aromatic rings. The summed E-state index contributed by atoms with van der Waals surface area (Å²) in [5.74, 6) is 0.297. The van der Waals surface area contributed by atoms with Crippen molar-refractivity contribution in [1.29, 1.82) is 0 Å². The van der Waals surface area contributed by atoms with Gasteiger partial charge in [-0.1, -0.05) is 17.3 Å². The van der Waals surface area contributed by atoms with E-state index in [4.69, 9.17) is 4.84 Å². The molecular formula is C10H11NO2. The summed E-state index contributed by atoms with van der Waals surface area (Å²) < 4.78 is 0. The van der Waals surface area contributed by atoms with Gasteiger partial charge in [0.15, 0.2) is 0 Å². The summed E-state index contributed by atoms with van der Waals surface area (Å²) in [5.41, 5.74) is 2.84. The van der Waals surface area contributed by atoms with Gasteiger partial charge in [0, 0.05) is 5.56 Å². The highest BCUT2D eigenvalue weighted by Crippen LogP contribution is 2.29. The van der Waals surface area contributed by atoms with Crippen LogP contribution in [0.4, 0.5) is 0 Å². The lowest BCUT2D eigenvalue weighted by Gasteiger charge is -2.01. The van der Waals surface area contributed by atoms with Crippen LogP contribution in [0, 0.1) is 0 Å². The summed E-state index contributed by atoms with van der Waals surface area (Å²) in [6.07, 6.45) is 1.78. The molecule has 0 radical (unpaired) electrons. The minimum absolute atomic E-state index is 0.297. The van der Waals surface area contributed by atoms with Crippen LogP contribution in [0.1, 0.15) is 17.5 Å². The molecule has 0 aliphatic heterocycles. The third-order valence-electron chi connectivity index (χ3n) is 2.25. The molecule has 0 bridgehead atoms. The summed E-state index contributed by atoms with van der Waals surface area (Å²) in [6, 6.07) is 5.53. The van der Waals surface area contributed by atoms with E-state index in [2.05, 4.69) is 5.16 Å². The highest BCUT2D eigenvalue weighted by atomic mass is 16.6. The Labute approximate surface area is 76.6 Å². The van der Waals surface area contributed by atoms with Crippen LogP contribution in [0.3, 0.4) is 0 Å². The maximum atomic E-state index is 9.59. The standard InChI is InChI=1S/C10H11NO2/c1-13-11-8-6-5-7-3-2-4-9(12)10(7)8/h2-4,12H,5-6H2,1H3. The summed E-state index contributed by atoms with van der Waals surface area (Å²) in [5, 5.41) is 13.5. The zero-order chi connectivity index (χ0) is 9.26. The maximum Gasteiger partial charge on any atom is 0.125 e. The topological polar surface area (TPSA) is 41.8 Å². The van der Waals surface area contributed by atoms with Crippen molar-refractivity contribution in [2.24, 2.45) is 5.16 Å². The van der Waals surface area contributed by atoms with Gasteiger partial charge >= 0.3 is 0 Å². The fourth-order valence-corrected chi connectivity index (χ4v) is 1.71. The van der Waals surface area contributed by atoms with Crippen LogP contribution < -0.4 is 0 Å². The van der Waals surface area contributed by atoms with E-state index >= 15 is 0 Å². The van der Waals surface area contributed by atoms with E-state index in [1.165, 1.54) is 7.11 Å². The molecule has 0 heterocycles. The number of phenols is 1. The molecule has 0 unspecified atom stereocenters. The van der Waals surface area contributed by atoms with Crippen molar-refractivity contribution in [3.8, 4) is 5.75 Å². The fraction of sp³-hybridized carbons (Fsp3) is 0.300. The van der Waals surface area contributed by atoms with Crippen LogP contribution in [0.5, 0.6) is 5.75 Å². The zero-order valence-corrected chi connectivity index (χ0v) is 7.45. The van der Waals surface area contributed by atoms with Gasteiger partial charge in [0.25, 0.3) is 0 Å². The van der Waals surface area contributed by atoms with Crippen molar-refractivity contribution in [1.82, 2.24) is 0 Å². The van der Waals surface area contributed by atoms with E-state index < -0.39 is 0 Å². The molecule has 3 nitrogen and oxygen atoms in total. The quantitative estimate of drug-likeness (QED) is 0.663. The Hall–Kier alpha value is -1.51. The fourth-order valence-electron chi connectivity index (χ4n) is 1.71. The van der Waals surface area contributed by atoms with Gasteiger partial charge in [-0.2, -0.15) is 0 Å². The highest BCUT2D eigenvalue weighted by molar-refractivity contribution is 6.06. The number of phenolic OH excluding ortho intramolecular Hbond substituents is 1. The van der Waals surface area contributed by atoms with Crippen LogP contribution in [0.15, 0.2) is 23.4 Å². The van der Waals surface area contributed by atoms with Gasteiger partial charge in [0.1, 0.15) is 12.9 Å². The summed E-state index contributed by atoms with van der Waals surface area (Å²) >= 11 is 0. The molecule has 0 aromatic heterocycles. The number of nitrogens with zero attached hydrogens (tertiary/aromatic N) is 1. The lowest BCUT2D eigenvalue weighted by atomic mass is 10.1. The molecule has 0 fully saturated rings. The minimum atomic E-state index is 0.297. The number of hydrogen-bond acceptors (Lipinski definition) is 3. The van der Waals surface area contributed by atoms with Crippen molar-refractivity contribution >= 4 is 5.71 Å². The van der Waals surface area contributed by atoms with Crippen molar-refractivity contribution < 1.29 is 9.94 Å². The average Bonchev–Trinajstić information content (AvgIpc) is 2.51. The molecule has 68 valence electrons. The van der Waals surface area contributed by atoms with Crippen molar-refractivity contribution in [3.63, 3.8) is 0 Å². The zero-order valence-electron chi connectivity index (χ0n) is 7.45. The molecular weight excluding hydrogens is 166 g/mol. The van der Waals surface area contributed by atoms with E-state index in [0.29, 0.717) is 5.75 Å². The van der Waals surface area contributed by atoms with E-state index in [9.17, 15) is 5.11 Å². The smallest absolute Gasteiger partial charge is 0.125 e. The number of aryl methyl sites for hydroxylation is 1. The van der Waals surface area contributed by atoms with Crippen LogP contribution in [-0.4, -0.2) is 17.9 Å². The molecule has 2 rings (SSSR count). The predicted octanol–water partition coefficient (Wildman–Crippen LogP) is 1.69. The van der Waals surface area contributed by atoms with Gasteiger partial charge in [0.05, 0.1) is 5.71 Å². The van der Waals surface area contributed by atoms with E-state index in [-0.39, 0.29) is 0 Å². The number of fused-ring (bicyclic) bond motifs is 1. The predicted molar refractivity (Wildman–Crippen MR) is 50.0 cm³/mol. The van der Waals surface area contributed by atoms with Gasteiger partial charge in [-0.15, -0.1) is 0 Å². The summed E-state index contributed by atoms with van der Waals surface area (Å²) in [7, 11) is 1.52. The Morgan fingerprint density at radius 1 is 1.38 bits per heavy atom. The van der Waals surface area contributed by atoms with Gasteiger partial charge in [-0.3, -0.25) is 0 Å². The minimum Gasteiger partial charge on any atom is -0.507 e. The van der Waals surface area contributed by atoms with Crippen molar-refractivity contribution in [2.45, 2.75) is 12.8 Å². The molecule has 1 aliphatic carbocycles. The third-order valence-corrected chi connectivity index (χ3v) is 2.25. The molecule has 1 aromatic carbocycles. The van der Waals surface area contributed by atoms with Crippen molar-refractivity contribution in [2.75, 3.05) is 7.11 Å². The van der Waals surface area contributed by atoms with Crippen LogP contribution in [-0.2, 0) is 11.3 Å². The maximum absolute atomic E-state index is 9.59. The molecule has 3 heteroatoms. The van der Waals surface area contributed by atoms with Crippen LogP contribution in [0.25, 0.3) is 0 Å². The Bertz CT molecular complexity index is 358. The first kappa shape index (κ1) is 8.10. The van der Waals surface area contributed by atoms with Gasteiger partial charge in [0.2, 0.25) is 0 Å². The van der Waals surface area contributed by atoms with Crippen molar-refractivity contribution in [3.05, 3.63) is 29.3 Å². The highest BCUT2D eigenvalue weighted by Gasteiger charge is 2.21. The van der Waals surface area contributed by atoms with Crippen LogP contribution in [0.2, 0.25) is 0 Å². The van der Waals surface area contributed by atoms with Gasteiger partial charge in [-0.25, -0.2) is 0 Å². The summed E-state index contributed by atoms with van der Waals surface area (Å²) in [6.45, 7) is 0. The van der Waals surface area contributed by atoms with E-state index in [1.807, 2.05) is 12.1 Å². The Balaban J connectivity index is 2.52. The van der Waals surface area contributed by atoms with Gasteiger partial charge < -0.3 is 9.94 Å². The molecule has 1 aliphatic rings. The first-order valence-electron chi connectivity index (χ1n) is 4.24. The molecule has 1 N–H and O–H groups in total. The molecule has 0 saturated carbocycles. The first-order valence-corrected chi connectivity index (χ1v) is 4.24. The lowest BCUT2D eigenvalue weighted by molar-refractivity contribution is 0.213. The number of rotatable bonds is 1. The largest absolute Gasteiger partial charge is 0.507 e. The lowest BCUT2D eigenvalue weighted by Crippen LogP contribution is -1.95. The normalized spacial score (nSPS) is 17.5. The molecule has 0 spiro atoms. The first-order chi connectivity index (χ1) is 6.33. The number of benzene rings is 1. The number of hydrogen-bond donors (Lipinski definition) is 1. The number of oxime groups is 1. The SMILES string of the molecule is CON=C1CCc2cccc(O)c21. The monoisotopic (exact) mass is 177 g/mol. The van der Waals surface area contributed by atoms with Crippen LogP contribution >= 0.6 is 0 Å². The second-order valence-electron chi connectivity index (χ2n) is 3.03. The second kappa shape index (κ2) is 3.09. The molecule has 0 atom stereocenters.